The molecule has 1 amide bonds. The van der Waals surface area contributed by atoms with E-state index in [1.54, 1.807) is 24.3 Å². The van der Waals surface area contributed by atoms with Crippen molar-refractivity contribution in [3.05, 3.63) is 58.7 Å². The summed E-state index contributed by atoms with van der Waals surface area (Å²) in [6, 6.07) is 11.0. The largest absolute Gasteiger partial charge is 0.495 e. The quantitative estimate of drug-likeness (QED) is 0.529. The van der Waals surface area contributed by atoms with Crippen LogP contribution in [0.5, 0.6) is 5.75 Å². The van der Waals surface area contributed by atoms with Gasteiger partial charge in [0.15, 0.2) is 5.13 Å². The summed E-state index contributed by atoms with van der Waals surface area (Å²) < 4.78 is 5.38. The van der Waals surface area contributed by atoms with E-state index >= 15 is 0 Å². The number of pyridine rings is 1. The van der Waals surface area contributed by atoms with Gasteiger partial charge in [0, 0.05) is 24.3 Å². The first-order valence-electron chi connectivity index (χ1n) is 7.71. The third-order valence-electron chi connectivity index (χ3n) is 3.45. The van der Waals surface area contributed by atoms with Gasteiger partial charge in [0.2, 0.25) is 5.91 Å². The molecule has 0 atom stereocenters. The zero-order valence-electron chi connectivity index (χ0n) is 14.2. The average Bonchev–Trinajstić information content (AvgIpc) is 3.10. The van der Waals surface area contributed by atoms with Gasteiger partial charge in [0.05, 0.1) is 23.5 Å². The van der Waals surface area contributed by atoms with E-state index in [2.05, 4.69) is 9.97 Å². The number of anilines is 2. The maximum absolute atomic E-state index is 12.3. The second-order valence-electron chi connectivity index (χ2n) is 5.23. The lowest BCUT2D eigenvalue weighted by atomic mass is 10.2. The van der Waals surface area contributed by atoms with Crippen LogP contribution in [0.3, 0.4) is 0 Å². The van der Waals surface area contributed by atoms with Crippen molar-refractivity contribution in [2.45, 2.75) is 17.7 Å². The maximum Gasteiger partial charge on any atom is 0.230 e. The van der Waals surface area contributed by atoms with E-state index in [1.807, 2.05) is 35.7 Å². The molecule has 8 heteroatoms. The van der Waals surface area contributed by atoms with Crippen LogP contribution in [0.25, 0.3) is 0 Å². The van der Waals surface area contributed by atoms with Crippen LogP contribution in [-0.2, 0) is 10.5 Å². The van der Waals surface area contributed by atoms with Crippen LogP contribution in [0, 0.1) is 0 Å². The SMILES string of the molecule is COc1ccccc1N(C(C)=O)c1nc(CSc2ncccc2Cl)cs1. The number of rotatable bonds is 6. The Morgan fingerprint density at radius 2 is 2.12 bits per heavy atom. The smallest absolute Gasteiger partial charge is 0.230 e. The number of para-hydroxylation sites is 2. The van der Waals surface area contributed by atoms with Gasteiger partial charge in [-0.3, -0.25) is 9.69 Å². The van der Waals surface area contributed by atoms with E-state index in [-0.39, 0.29) is 5.91 Å². The molecule has 26 heavy (non-hydrogen) atoms. The van der Waals surface area contributed by atoms with Crippen LogP contribution in [0.15, 0.2) is 53.0 Å². The molecule has 134 valence electrons. The number of hydrogen-bond donors (Lipinski definition) is 0. The highest BCUT2D eigenvalue weighted by atomic mass is 35.5. The molecule has 0 aliphatic carbocycles. The van der Waals surface area contributed by atoms with Gasteiger partial charge < -0.3 is 4.74 Å². The Morgan fingerprint density at radius 3 is 2.85 bits per heavy atom. The molecule has 0 fully saturated rings. The van der Waals surface area contributed by atoms with Gasteiger partial charge in [-0.25, -0.2) is 9.97 Å². The summed E-state index contributed by atoms with van der Waals surface area (Å²) in [6.45, 7) is 1.51. The standard InChI is InChI=1S/C18H16ClN3O2S2/c1-12(23)22(15-7-3-4-8-16(15)24-2)18-21-13(11-26-18)10-25-17-14(19)6-5-9-20-17/h3-9,11H,10H2,1-2H3. The first-order chi connectivity index (χ1) is 12.6. The number of carbonyl (C=O) groups is 1. The minimum absolute atomic E-state index is 0.129. The van der Waals surface area contributed by atoms with Crippen LogP contribution in [0.1, 0.15) is 12.6 Å². The number of aromatic nitrogens is 2. The predicted octanol–water partition coefficient (Wildman–Crippen LogP) is 5.18. The fraction of sp³-hybridized carbons (Fsp3) is 0.167. The summed E-state index contributed by atoms with van der Waals surface area (Å²) in [5.41, 5.74) is 1.53. The Morgan fingerprint density at radius 1 is 1.31 bits per heavy atom. The summed E-state index contributed by atoms with van der Waals surface area (Å²) in [7, 11) is 1.58. The molecule has 0 saturated heterocycles. The van der Waals surface area contributed by atoms with Gasteiger partial charge in [-0.15, -0.1) is 11.3 Å². The average molecular weight is 406 g/mol. The van der Waals surface area contributed by atoms with Crippen LogP contribution >= 0.6 is 34.7 Å². The Bertz CT molecular complexity index is 917. The molecule has 0 saturated carbocycles. The van der Waals surface area contributed by atoms with E-state index in [0.29, 0.717) is 27.3 Å². The van der Waals surface area contributed by atoms with Crippen LogP contribution < -0.4 is 9.64 Å². The molecule has 0 aliphatic rings. The zero-order valence-corrected chi connectivity index (χ0v) is 16.6. The van der Waals surface area contributed by atoms with Crippen LogP contribution in [0.2, 0.25) is 5.02 Å². The molecule has 2 aromatic heterocycles. The number of methoxy groups -OCH3 is 1. The number of amides is 1. The normalized spacial score (nSPS) is 10.6. The molecule has 0 spiro atoms. The van der Waals surface area contributed by atoms with Gasteiger partial charge in [-0.1, -0.05) is 35.5 Å². The molecule has 0 bridgehead atoms. The van der Waals surface area contributed by atoms with Crippen molar-refractivity contribution in [2.75, 3.05) is 12.0 Å². The molecule has 5 nitrogen and oxygen atoms in total. The van der Waals surface area contributed by atoms with Crippen molar-refractivity contribution in [1.82, 2.24) is 9.97 Å². The molecule has 3 rings (SSSR count). The number of thioether (sulfide) groups is 1. The van der Waals surface area contributed by atoms with Gasteiger partial charge >= 0.3 is 0 Å². The van der Waals surface area contributed by atoms with Crippen molar-refractivity contribution in [3.63, 3.8) is 0 Å². The lowest BCUT2D eigenvalue weighted by molar-refractivity contribution is -0.115. The molecule has 3 aromatic rings. The first kappa shape index (κ1) is 18.7. The Hall–Kier alpha value is -2.09. The fourth-order valence-electron chi connectivity index (χ4n) is 2.31. The lowest BCUT2D eigenvalue weighted by Crippen LogP contribution is -2.23. The van der Waals surface area contributed by atoms with E-state index in [0.717, 1.165) is 10.7 Å². The van der Waals surface area contributed by atoms with Crippen molar-refractivity contribution in [2.24, 2.45) is 0 Å². The molecule has 0 radical (unpaired) electrons. The monoisotopic (exact) mass is 405 g/mol. The summed E-state index contributed by atoms with van der Waals surface area (Å²) >= 11 is 9.05. The number of thiazole rings is 1. The summed E-state index contributed by atoms with van der Waals surface area (Å²) in [4.78, 5) is 22.7. The lowest BCUT2D eigenvalue weighted by Gasteiger charge is -2.20. The summed E-state index contributed by atoms with van der Waals surface area (Å²) in [5, 5.41) is 3.92. The number of ether oxygens (including phenoxy) is 1. The number of nitrogens with zero attached hydrogens (tertiary/aromatic N) is 3. The van der Waals surface area contributed by atoms with Crippen LogP contribution in [0.4, 0.5) is 10.8 Å². The minimum atomic E-state index is -0.129. The maximum atomic E-state index is 12.3. The second-order valence-corrected chi connectivity index (χ2v) is 7.43. The van der Waals surface area contributed by atoms with E-state index in [1.165, 1.54) is 30.0 Å². The van der Waals surface area contributed by atoms with Gasteiger partial charge in [0.25, 0.3) is 0 Å². The molecular formula is C18H16ClN3O2S2. The molecule has 0 aliphatic heterocycles. The van der Waals surface area contributed by atoms with Gasteiger partial charge in [0.1, 0.15) is 10.8 Å². The fourth-order valence-corrected chi connectivity index (χ4v) is 4.35. The molecular weight excluding hydrogens is 390 g/mol. The molecule has 1 aromatic carbocycles. The van der Waals surface area contributed by atoms with Crippen molar-refractivity contribution < 1.29 is 9.53 Å². The van der Waals surface area contributed by atoms with E-state index in [4.69, 9.17) is 16.3 Å². The second kappa shape index (κ2) is 8.53. The highest BCUT2D eigenvalue weighted by Gasteiger charge is 2.21. The van der Waals surface area contributed by atoms with Gasteiger partial charge in [-0.05, 0) is 24.3 Å². The number of benzene rings is 1. The highest BCUT2D eigenvalue weighted by Crippen LogP contribution is 2.36. The van der Waals surface area contributed by atoms with E-state index in [9.17, 15) is 4.79 Å². The van der Waals surface area contributed by atoms with Gasteiger partial charge in [-0.2, -0.15) is 0 Å². The zero-order chi connectivity index (χ0) is 18.5. The predicted molar refractivity (Wildman–Crippen MR) is 107 cm³/mol. The molecule has 0 unspecified atom stereocenters. The Kier molecular flexibility index (Phi) is 6.13. The first-order valence-corrected chi connectivity index (χ1v) is 9.96. The number of hydrogen-bond acceptors (Lipinski definition) is 6. The third kappa shape index (κ3) is 4.17. The minimum Gasteiger partial charge on any atom is -0.495 e. The van der Waals surface area contributed by atoms with Crippen molar-refractivity contribution >= 4 is 51.4 Å². The third-order valence-corrected chi connectivity index (χ3v) is 5.78. The summed E-state index contributed by atoms with van der Waals surface area (Å²) in [5.74, 6) is 1.11. The number of carbonyl (C=O) groups excluding carboxylic acids is 1. The molecule has 0 N–H and O–H groups in total. The number of halogens is 1. The van der Waals surface area contributed by atoms with Crippen molar-refractivity contribution in [3.8, 4) is 5.75 Å². The highest BCUT2D eigenvalue weighted by molar-refractivity contribution is 7.98. The molecule has 2 heterocycles. The Balaban J connectivity index is 1.82. The van der Waals surface area contributed by atoms with Crippen LogP contribution in [-0.4, -0.2) is 23.0 Å². The topological polar surface area (TPSA) is 55.3 Å². The van der Waals surface area contributed by atoms with E-state index < -0.39 is 0 Å². The Labute approximate surface area is 165 Å². The van der Waals surface area contributed by atoms with Crippen molar-refractivity contribution in [1.29, 1.82) is 0 Å². The summed E-state index contributed by atoms with van der Waals surface area (Å²) in [6.07, 6.45) is 1.71.